The number of benzene rings is 1. The number of hydrogen-bond acceptors (Lipinski definition) is 5. The molecule has 6 heteroatoms. The summed E-state index contributed by atoms with van der Waals surface area (Å²) in [7, 11) is 0. The second-order valence-electron chi connectivity index (χ2n) is 8.79. The van der Waals surface area contributed by atoms with Gasteiger partial charge in [0.25, 0.3) is 5.91 Å². The quantitative estimate of drug-likeness (QED) is 0.847. The van der Waals surface area contributed by atoms with Crippen LogP contribution in [0.5, 0.6) is 0 Å². The standard InChI is InChI=1S/C24H31N5O/c25-23(30)22-5-2-10-26-24(22)29-15-13-28(14-16-29)20-8-11-27(12-9-20)21-7-6-18-3-1-4-19(18)17-21/h2,5-7,10,17,20H,1,3-4,8-9,11-16H2,(H2,25,30). The SMILES string of the molecule is NC(=O)c1cccnc1N1CCN(C2CCN(c3ccc4c(c3)CCC4)CC2)CC1. The van der Waals surface area contributed by atoms with Gasteiger partial charge in [-0.25, -0.2) is 4.98 Å². The Morgan fingerprint density at radius 3 is 2.47 bits per heavy atom. The third-order valence-corrected chi connectivity index (χ3v) is 7.09. The minimum atomic E-state index is -0.403. The molecule has 6 nitrogen and oxygen atoms in total. The predicted octanol–water partition coefficient (Wildman–Crippen LogP) is 2.46. The Hall–Kier alpha value is -2.60. The lowest BCUT2D eigenvalue weighted by Gasteiger charge is -2.43. The Balaban J connectivity index is 1.16. The lowest BCUT2D eigenvalue weighted by Crippen LogP contribution is -2.53. The molecule has 2 saturated heterocycles. The molecule has 30 heavy (non-hydrogen) atoms. The number of piperidine rings is 1. The number of hydrogen-bond donors (Lipinski definition) is 1. The molecule has 1 aromatic carbocycles. The molecule has 0 atom stereocenters. The molecule has 2 aliphatic heterocycles. The molecule has 3 aliphatic rings. The van der Waals surface area contributed by atoms with Crippen molar-refractivity contribution in [2.45, 2.75) is 38.1 Å². The van der Waals surface area contributed by atoms with Crippen molar-refractivity contribution in [1.29, 1.82) is 0 Å². The van der Waals surface area contributed by atoms with Crippen LogP contribution >= 0.6 is 0 Å². The molecular weight excluding hydrogens is 374 g/mol. The fraction of sp³-hybridized carbons (Fsp3) is 0.500. The normalized spacial score (nSPS) is 20.4. The molecule has 0 unspecified atom stereocenters. The Kier molecular flexibility index (Phi) is 5.34. The number of pyridine rings is 1. The van der Waals surface area contributed by atoms with Crippen molar-refractivity contribution in [1.82, 2.24) is 9.88 Å². The highest BCUT2D eigenvalue weighted by atomic mass is 16.1. The summed E-state index contributed by atoms with van der Waals surface area (Å²) in [6.07, 6.45) is 7.98. The lowest BCUT2D eigenvalue weighted by atomic mass is 10.0. The van der Waals surface area contributed by atoms with Crippen molar-refractivity contribution in [2.75, 3.05) is 49.1 Å². The summed E-state index contributed by atoms with van der Waals surface area (Å²) in [5.74, 6) is 0.329. The highest BCUT2D eigenvalue weighted by Crippen LogP contribution is 2.29. The number of fused-ring (bicyclic) bond motifs is 1. The molecular formula is C24H31N5O. The fourth-order valence-corrected chi connectivity index (χ4v) is 5.38. The maximum atomic E-state index is 11.7. The Bertz CT molecular complexity index is 914. The fourth-order valence-electron chi connectivity index (χ4n) is 5.38. The van der Waals surface area contributed by atoms with E-state index in [-0.39, 0.29) is 0 Å². The van der Waals surface area contributed by atoms with Gasteiger partial charge in [0.05, 0.1) is 5.56 Å². The summed E-state index contributed by atoms with van der Waals surface area (Å²) >= 11 is 0. The topological polar surface area (TPSA) is 65.7 Å². The molecule has 5 rings (SSSR count). The van der Waals surface area contributed by atoms with Crippen molar-refractivity contribution in [2.24, 2.45) is 5.73 Å². The van der Waals surface area contributed by atoms with E-state index in [1.54, 1.807) is 29.5 Å². The van der Waals surface area contributed by atoms with Crippen molar-refractivity contribution in [3.05, 3.63) is 53.2 Å². The first-order valence-electron chi connectivity index (χ1n) is 11.3. The van der Waals surface area contributed by atoms with E-state index < -0.39 is 5.91 Å². The second-order valence-corrected chi connectivity index (χ2v) is 8.79. The summed E-state index contributed by atoms with van der Waals surface area (Å²) < 4.78 is 0. The average molecular weight is 406 g/mol. The smallest absolute Gasteiger partial charge is 0.252 e. The minimum absolute atomic E-state index is 0.403. The van der Waals surface area contributed by atoms with Crippen LogP contribution in [-0.4, -0.2) is 61.1 Å². The Labute approximate surface area is 178 Å². The van der Waals surface area contributed by atoms with Crippen LogP contribution in [0.15, 0.2) is 36.5 Å². The number of rotatable bonds is 4. The Morgan fingerprint density at radius 2 is 1.70 bits per heavy atom. The van der Waals surface area contributed by atoms with Gasteiger partial charge in [-0.15, -0.1) is 0 Å². The lowest BCUT2D eigenvalue weighted by molar-refractivity contribution is 0.1000. The number of aryl methyl sites for hydroxylation is 2. The highest BCUT2D eigenvalue weighted by Gasteiger charge is 2.29. The van der Waals surface area contributed by atoms with Gasteiger partial charge in [-0.3, -0.25) is 9.69 Å². The summed E-state index contributed by atoms with van der Waals surface area (Å²) in [6, 6.07) is 11.3. The van der Waals surface area contributed by atoms with E-state index in [2.05, 4.69) is 37.9 Å². The maximum absolute atomic E-state index is 11.7. The minimum Gasteiger partial charge on any atom is -0.371 e. The molecule has 0 spiro atoms. The first kappa shape index (κ1) is 19.4. The summed E-state index contributed by atoms with van der Waals surface area (Å²) in [6.45, 7) is 6.08. The van der Waals surface area contributed by atoms with Gasteiger partial charge in [0.1, 0.15) is 5.82 Å². The van der Waals surface area contributed by atoms with Crippen molar-refractivity contribution < 1.29 is 4.79 Å². The number of nitrogens with zero attached hydrogens (tertiary/aromatic N) is 4. The molecule has 0 radical (unpaired) electrons. The third kappa shape index (κ3) is 3.76. The van der Waals surface area contributed by atoms with Gasteiger partial charge in [0.15, 0.2) is 0 Å². The van der Waals surface area contributed by atoms with Crippen LogP contribution < -0.4 is 15.5 Å². The maximum Gasteiger partial charge on any atom is 0.252 e. The van der Waals surface area contributed by atoms with E-state index in [0.29, 0.717) is 11.6 Å². The zero-order valence-corrected chi connectivity index (χ0v) is 17.6. The van der Waals surface area contributed by atoms with E-state index >= 15 is 0 Å². The van der Waals surface area contributed by atoms with Gasteiger partial charge in [-0.2, -0.15) is 0 Å². The highest BCUT2D eigenvalue weighted by molar-refractivity contribution is 5.97. The molecule has 1 amide bonds. The number of primary amides is 1. The molecule has 0 bridgehead atoms. The van der Waals surface area contributed by atoms with Crippen molar-refractivity contribution in [3.63, 3.8) is 0 Å². The molecule has 1 aromatic heterocycles. The van der Waals surface area contributed by atoms with Gasteiger partial charge < -0.3 is 15.5 Å². The molecule has 1 aliphatic carbocycles. The predicted molar refractivity (Wildman–Crippen MR) is 120 cm³/mol. The van der Waals surface area contributed by atoms with Gasteiger partial charge in [0, 0.05) is 57.2 Å². The van der Waals surface area contributed by atoms with Crippen LogP contribution in [-0.2, 0) is 12.8 Å². The van der Waals surface area contributed by atoms with Gasteiger partial charge in [-0.1, -0.05) is 6.07 Å². The van der Waals surface area contributed by atoms with E-state index in [9.17, 15) is 4.79 Å². The van der Waals surface area contributed by atoms with Crippen LogP contribution in [0.1, 0.15) is 40.7 Å². The number of anilines is 2. The zero-order chi connectivity index (χ0) is 20.5. The van der Waals surface area contributed by atoms with E-state index in [1.165, 1.54) is 37.8 Å². The number of carbonyl (C=O) groups is 1. The van der Waals surface area contributed by atoms with E-state index in [4.69, 9.17) is 5.73 Å². The summed E-state index contributed by atoms with van der Waals surface area (Å²) in [5.41, 5.74) is 10.6. The molecule has 158 valence electrons. The van der Waals surface area contributed by atoms with E-state index in [0.717, 1.165) is 45.1 Å². The van der Waals surface area contributed by atoms with Crippen LogP contribution in [0.3, 0.4) is 0 Å². The first-order valence-corrected chi connectivity index (χ1v) is 11.3. The van der Waals surface area contributed by atoms with Gasteiger partial charge >= 0.3 is 0 Å². The number of aromatic nitrogens is 1. The molecule has 2 aromatic rings. The Morgan fingerprint density at radius 1 is 0.933 bits per heavy atom. The van der Waals surface area contributed by atoms with E-state index in [1.807, 2.05) is 0 Å². The van der Waals surface area contributed by atoms with Gasteiger partial charge in [-0.05, 0) is 67.5 Å². The largest absolute Gasteiger partial charge is 0.371 e. The molecule has 2 fully saturated rings. The second kappa shape index (κ2) is 8.26. The summed E-state index contributed by atoms with van der Waals surface area (Å²) in [4.78, 5) is 23.6. The van der Waals surface area contributed by atoms with Crippen LogP contribution in [0, 0.1) is 0 Å². The van der Waals surface area contributed by atoms with Crippen LogP contribution in [0.2, 0.25) is 0 Å². The van der Waals surface area contributed by atoms with Crippen LogP contribution in [0.25, 0.3) is 0 Å². The molecule has 3 heterocycles. The van der Waals surface area contributed by atoms with Gasteiger partial charge in [0.2, 0.25) is 0 Å². The zero-order valence-electron chi connectivity index (χ0n) is 17.6. The number of piperazine rings is 1. The first-order chi connectivity index (χ1) is 14.7. The number of amides is 1. The van der Waals surface area contributed by atoms with Crippen LogP contribution in [0.4, 0.5) is 11.5 Å². The third-order valence-electron chi connectivity index (χ3n) is 7.09. The number of carbonyl (C=O) groups excluding carboxylic acids is 1. The monoisotopic (exact) mass is 405 g/mol. The molecule has 0 saturated carbocycles. The molecule has 2 N–H and O–H groups in total. The number of nitrogens with two attached hydrogens (primary N) is 1. The van der Waals surface area contributed by atoms with Crippen molar-refractivity contribution >= 4 is 17.4 Å². The summed E-state index contributed by atoms with van der Waals surface area (Å²) in [5, 5.41) is 0. The van der Waals surface area contributed by atoms with Crippen molar-refractivity contribution in [3.8, 4) is 0 Å². The average Bonchev–Trinajstić information content (AvgIpc) is 3.27.